The van der Waals surface area contributed by atoms with Crippen LogP contribution >= 0.6 is 0 Å². The zero-order valence-electron chi connectivity index (χ0n) is 7.08. The van der Waals surface area contributed by atoms with Crippen LogP contribution in [0.25, 0.3) is 0 Å². The normalized spacial score (nSPS) is 8.69. The first-order valence-corrected chi connectivity index (χ1v) is 3.75. The topological polar surface area (TPSA) is 29.5 Å². The Balaban J connectivity index is 0.00000144. The highest BCUT2D eigenvalue weighted by Gasteiger charge is 2.04. The third kappa shape index (κ3) is 2.51. The van der Waals surface area contributed by atoms with E-state index in [-0.39, 0.29) is 13.2 Å². The van der Waals surface area contributed by atoms with Crippen LogP contribution in [0.2, 0.25) is 0 Å². The lowest BCUT2D eigenvalue weighted by molar-refractivity contribution is 0.370. The predicted octanol–water partition coefficient (Wildman–Crippen LogP) is 2.77. The van der Waals surface area contributed by atoms with Gasteiger partial charge in [0.2, 0.25) is 0 Å². The Kier molecular flexibility index (Phi) is 4.67. The summed E-state index contributed by atoms with van der Waals surface area (Å²) in [5.74, 6) is 0.717. The van der Waals surface area contributed by atoms with Crippen molar-refractivity contribution in [3.63, 3.8) is 0 Å². The van der Waals surface area contributed by atoms with Crippen LogP contribution in [0, 0.1) is 0 Å². The number of phenolic OH excluding ortho intramolecular Hbond substituents is 1. The number of ether oxygens (including phenoxy) is 1. The van der Waals surface area contributed by atoms with E-state index < -0.39 is 0 Å². The Labute approximate surface area is 79.5 Å². The van der Waals surface area contributed by atoms with E-state index in [1.807, 2.05) is 6.07 Å². The molecule has 0 saturated carbocycles. The molecule has 0 aliphatic rings. The Morgan fingerprint density at radius 3 is 2.77 bits per heavy atom. The number of allylic oxidation sites excluding steroid dienone is 1. The molecule has 0 fully saturated rings. The monoisotopic (exact) mass is 180 g/mol. The third-order valence-corrected chi connectivity index (χ3v) is 1.64. The van der Waals surface area contributed by atoms with Crippen LogP contribution in [0.3, 0.4) is 0 Å². The highest BCUT2D eigenvalue weighted by atomic mass is 16.5. The van der Waals surface area contributed by atoms with Crippen molar-refractivity contribution in [2.24, 2.45) is 0 Å². The number of benzene rings is 1. The second-order valence-corrected chi connectivity index (χ2v) is 2.46. The van der Waals surface area contributed by atoms with Crippen LogP contribution in [-0.2, 0) is 6.42 Å². The van der Waals surface area contributed by atoms with Crippen LogP contribution in [-0.4, -0.2) is 12.2 Å². The molecule has 2 nitrogen and oxygen atoms in total. The molecule has 1 aromatic carbocycles. The van der Waals surface area contributed by atoms with E-state index in [0.29, 0.717) is 12.2 Å². The van der Waals surface area contributed by atoms with Crippen LogP contribution in [0.1, 0.15) is 13.0 Å². The Bertz CT molecular complexity index is 279. The van der Waals surface area contributed by atoms with E-state index in [0.717, 1.165) is 5.56 Å². The second-order valence-electron chi connectivity index (χ2n) is 2.46. The maximum absolute atomic E-state index is 9.36. The highest BCUT2D eigenvalue weighted by molar-refractivity contribution is 5.46. The molecule has 0 radical (unpaired) electrons. The van der Waals surface area contributed by atoms with Gasteiger partial charge in [-0.25, -0.2) is 0 Å². The van der Waals surface area contributed by atoms with Gasteiger partial charge in [0.15, 0.2) is 11.5 Å². The van der Waals surface area contributed by atoms with Crippen LogP contribution in [0.15, 0.2) is 30.9 Å². The quantitative estimate of drug-likeness (QED) is 0.725. The van der Waals surface area contributed by atoms with Gasteiger partial charge >= 0.3 is 0 Å². The lowest BCUT2D eigenvalue weighted by Crippen LogP contribution is -1.90. The van der Waals surface area contributed by atoms with E-state index in [9.17, 15) is 5.11 Å². The number of hydrogen-bond acceptors (Lipinski definition) is 2. The van der Waals surface area contributed by atoms with E-state index in [4.69, 9.17) is 4.74 Å². The number of phenols is 1. The predicted molar refractivity (Wildman–Crippen MR) is 55.3 cm³/mol. The molecular formula is C11H16O2. The van der Waals surface area contributed by atoms with E-state index in [2.05, 4.69) is 6.58 Å². The fourth-order valence-corrected chi connectivity index (χ4v) is 1.12. The molecule has 0 spiro atoms. The summed E-state index contributed by atoms with van der Waals surface area (Å²) in [5, 5.41) is 9.36. The highest BCUT2D eigenvalue weighted by Crippen LogP contribution is 2.29. The fraction of sp³-hybridized carbons (Fsp3) is 0.273. The molecule has 72 valence electrons. The summed E-state index contributed by atoms with van der Waals surface area (Å²) in [7, 11) is 1.54. The van der Waals surface area contributed by atoms with Crippen LogP contribution in [0.4, 0.5) is 0 Å². The van der Waals surface area contributed by atoms with Gasteiger partial charge in [0.25, 0.3) is 0 Å². The van der Waals surface area contributed by atoms with Crippen molar-refractivity contribution in [1.29, 1.82) is 0 Å². The van der Waals surface area contributed by atoms with Gasteiger partial charge in [0.05, 0.1) is 7.11 Å². The number of aromatic hydroxyl groups is 1. The molecule has 13 heavy (non-hydrogen) atoms. The lowest BCUT2D eigenvalue weighted by Gasteiger charge is -2.07. The standard InChI is InChI=1S/C10H12O2.CH4/c1-3-5-8-6-4-7-9(11)10(8)12-2;/h3-4,6-7,11H,1,5H2,2H3;1H4. The average Bonchev–Trinajstić information content (AvgIpc) is 2.05. The molecule has 1 aromatic rings. The zero-order chi connectivity index (χ0) is 8.97. The smallest absolute Gasteiger partial charge is 0.163 e. The maximum Gasteiger partial charge on any atom is 0.163 e. The molecule has 0 bridgehead atoms. The van der Waals surface area contributed by atoms with Gasteiger partial charge in [0, 0.05) is 5.56 Å². The van der Waals surface area contributed by atoms with Gasteiger partial charge in [-0.1, -0.05) is 25.6 Å². The van der Waals surface area contributed by atoms with Crippen molar-refractivity contribution in [2.45, 2.75) is 13.8 Å². The van der Waals surface area contributed by atoms with Gasteiger partial charge < -0.3 is 9.84 Å². The van der Waals surface area contributed by atoms with Crippen LogP contribution in [0.5, 0.6) is 11.5 Å². The van der Waals surface area contributed by atoms with Crippen molar-refractivity contribution in [1.82, 2.24) is 0 Å². The largest absolute Gasteiger partial charge is 0.504 e. The van der Waals surface area contributed by atoms with E-state index in [1.165, 1.54) is 0 Å². The molecule has 1 rings (SSSR count). The average molecular weight is 180 g/mol. The summed E-state index contributed by atoms with van der Waals surface area (Å²) in [6.45, 7) is 3.62. The SMILES string of the molecule is C.C=CCc1cccc(O)c1OC. The van der Waals surface area contributed by atoms with Crippen molar-refractivity contribution in [3.8, 4) is 11.5 Å². The molecule has 0 aromatic heterocycles. The summed E-state index contributed by atoms with van der Waals surface area (Å²) < 4.78 is 5.03. The Hall–Kier alpha value is -1.44. The summed E-state index contributed by atoms with van der Waals surface area (Å²) >= 11 is 0. The first-order valence-electron chi connectivity index (χ1n) is 3.75. The molecule has 0 heterocycles. The molecule has 1 N–H and O–H groups in total. The molecule has 0 aliphatic heterocycles. The van der Waals surface area contributed by atoms with Crippen molar-refractivity contribution in [3.05, 3.63) is 36.4 Å². The maximum atomic E-state index is 9.36. The van der Waals surface area contributed by atoms with Crippen LogP contribution < -0.4 is 4.74 Å². The Morgan fingerprint density at radius 2 is 2.23 bits per heavy atom. The first-order chi connectivity index (χ1) is 5.79. The molecule has 0 aliphatic carbocycles. The molecule has 2 heteroatoms. The Morgan fingerprint density at radius 1 is 1.54 bits per heavy atom. The molecule has 0 amide bonds. The number of hydrogen-bond donors (Lipinski definition) is 1. The first kappa shape index (κ1) is 11.6. The van der Waals surface area contributed by atoms with Gasteiger partial charge in [-0.05, 0) is 12.5 Å². The minimum Gasteiger partial charge on any atom is -0.504 e. The minimum absolute atomic E-state index is 0. The molecule has 0 atom stereocenters. The summed E-state index contributed by atoms with van der Waals surface area (Å²) in [5.41, 5.74) is 0.951. The van der Waals surface area contributed by atoms with Gasteiger partial charge in [0.1, 0.15) is 0 Å². The number of para-hydroxylation sites is 1. The number of rotatable bonds is 3. The third-order valence-electron chi connectivity index (χ3n) is 1.64. The molecular weight excluding hydrogens is 164 g/mol. The summed E-state index contributed by atoms with van der Waals surface area (Å²) in [6, 6.07) is 5.29. The fourth-order valence-electron chi connectivity index (χ4n) is 1.12. The zero-order valence-corrected chi connectivity index (χ0v) is 7.08. The lowest BCUT2D eigenvalue weighted by atomic mass is 10.1. The van der Waals surface area contributed by atoms with Gasteiger partial charge in [-0.2, -0.15) is 0 Å². The van der Waals surface area contributed by atoms with Gasteiger partial charge in [-0.15, -0.1) is 6.58 Å². The second kappa shape index (κ2) is 5.25. The van der Waals surface area contributed by atoms with Crippen molar-refractivity contribution < 1.29 is 9.84 Å². The number of methoxy groups -OCH3 is 1. The van der Waals surface area contributed by atoms with Crippen molar-refractivity contribution >= 4 is 0 Å². The van der Waals surface area contributed by atoms with E-state index >= 15 is 0 Å². The van der Waals surface area contributed by atoms with Gasteiger partial charge in [-0.3, -0.25) is 0 Å². The minimum atomic E-state index is 0. The summed E-state index contributed by atoms with van der Waals surface area (Å²) in [6.07, 6.45) is 2.48. The van der Waals surface area contributed by atoms with Crippen molar-refractivity contribution in [2.75, 3.05) is 7.11 Å². The molecule has 0 saturated heterocycles. The summed E-state index contributed by atoms with van der Waals surface area (Å²) in [4.78, 5) is 0. The van der Waals surface area contributed by atoms with E-state index in [1.54, 1.807) is 25.3 Å². The molecule has 0 unspecified atom stereocenters.